The molecule has 0 saturated heterocycles. The predicted octanol–water partition coefficient (Wildman–Crippen LogP) is 4.20. The van der Waals surface area contributed by atoms with Crippen LogP contribution in [0.4, 0.5) is 11.4 Å². The fourth-order valence-electron chi connectivity index (χ4n) is 4.18. The quantitative estimate of drug-likeness (QED) is 0.270. The zero-order valence-corrected chi connectivity index (χ0v) is 17.6. The van der Waals surface area contributed by atoms with Gasteiger partial charge in [-0.1, -0.05) is 42.5 Å². The number of nitrogens with zero attached hydrogens (tertiary/aromatic N) is 4. The van der Waals surface area contributed by atoms with Crippen molar-refractivity contribution in [3.8, 4) is 5.69 Å². The lowest BCUT2D eigenvalue weighted by Crippen LogP contribution is -2.26. The fraction of sp³-hybridized carbons (Fsp3) is 0.0800. The first-order valence-corrected chi connectivity index (χ1v) is 10.4. The van der Waals surface area contributed by atoms with Crippen molar-refractivity contribution in [1.29, 1.82) is 0 Å². The molecule has 0 N–H and O–H groups in total. The van der Waals surface area contributed by atoms with E-state index >= 15 is 0 Å². The van der Waals surface area contributed by atoms with Crippen LogP contribution in [0, 0.1) is 10.1 Å². The molecule has 0 radical (unpaired) electrons. The second-order valence-corrected chi connectivity index (χ2v) is 7.50. The minimum atomic E-state index is -0.539. The first-order chi connectivity index (χ1) is 16.0. The summed E-state index contributed by atoms with van der Waals surface area (Å²) in [7, 11) is 0. The highest BCUT2D eigenvalue weighted by molar-refractivity contribution is 6.35. The molecule has 4 aromatic rings. The summed E-state index contributed by atoms with van der Waals surface area (Å²) in [6.07, 6.45) is 1.54. The van der Waals surface area contributed by atoms with Gasteiger partial charge in [0.05, 0.1) is 27.1 Å². The summed E-state index contributed by atoms with van der Waals surface area (Å²) in [4.78, 5) is 44.2. The van der Waals surface area contributed by atoms with Crippen LogP contribution >= 0.6 is 0 Å². The van der Waals surface area contributed by atoms with Gasteiger partial charge < -0.3 is 4.90 Å². The second kappa shape index (κ2) is 7.83. The molecule has 1 amide bonds. The number of amides is 1. The van der Waals surface area contributed by atoms with Crippen molar-refractivity contribution in [1.82, 2.24) is 9.55 Å². The molecule has 8 nitrogen and oxygen atoms in total. The lowest BCUT2D eigenvalue weighted by molar-refractivity contribution is -0.384. The fourth-order valence-corrected chi connectivity index (χ4v) is 4.18. The van der Waals surface area contributed by atoms with E-state index in [2.05, 4.69) is 4.98 Å². The van der Waals surface area contributed by atoms with Gasteiger partial charge in [-0.3, -0.25) is 24.3 Å². The number of anilines is 1. The van der Waals surface area contributed by atoms with Gasteiger partial charge >= 0.3 is 0 Å². The topological polar surface area (TPSA) is 98.3 Å². The normalized spacial score (nSPS) is 14.2. The molecule has 3 aromatic carbocycles. The van der Waals surface area contributed by atoms with E-state index in [1.807, 2.05) is 31.2 Å². The van der Waals surface area contributed by atoms with Gasteiger partial charge in [0.15, 0.2) is 0 Å². The van der Waals surface area contributed by atoms with E-state index in [-0.39, 0.29) is 23.1 Å². The molecule has 5 rings (SSSR count). The summed E-state index contributed by atoms with van der Waals surface area (Å²) in [5, 5.41) is 12.0. The molecule has 0 fully saturated rings. The maximum atomic E-state index is 13.5. The zero-order chi connectivity index (χ0) is 23.1. The number of hydrogen-bond donors (Lipinski definition) is 0. The lowest BCUT2D eigenvalue weighted by atomic mass is 10.1. The number of likely N-dealkylation sites (N-methyl/N-ethyl adjacent to an activating group) is 1. The van der Waals surface area contributed by atoms with Gasteiger partial charge in [0.1, 0.15) is 11.5 Å². The van der Waals surface area contributed by atoms with Crippen molar-refractivity contribution in [2.75, 3.05) is 11.4 Å². The van der Waals surface area contributed by atoms with Crippen molar-refractivity contribution in [3.63, 3.8) is 0 Å². The third kappa shape index (κ3) is 3.20. The Hall–Kier alpha value is -4.59. The Bertz CT molecular complexity index is 1540. The number of hydrogen-bond acceptors (Lipinski definition) is 5. The summed E-state index contributed by atoms with van der Waals surface area (Å²) in [5.41, 5.74) is 1.72. The SMILES string of the molecule is CCN1C(=O)/C(=C/c2nc3ccccc3c(=O)n2-c2ccccc2[N+](=O)[O-])c2ccccc21. The molecule has 1 aliphatic heterocycles. The molecule has 1 aliphatic rings. The molecule has 0 spiro atoms. The number of fused-ring (bicyclic) bond motifs is 2. The third-order valence-electron chi connectivity index (χ3n) is 5.67. The van der Waals surface area contributed by atoms with E-state index in [4.69, 9.17) is 0 Å². The maximum absolute atomic E-state index is 13.5. The molecule has 0 bridgehead atoms. The van der Waals surface area contributed by atoms with Gasteiger partial charge in [-0.2, -0.15) is 0 Å². The van der Waals surface area contributed by atoms with Crippen LogP contribution in [0.5, 0.6) is 0 Å². The summed E-state index contributed by atoms with van der Waals surface area (Å²) in [6, 6.07) is 20.2. The van der Waals surface area contributed by atoms with Crippen molar-refractivity contribution in [2.24, 2.45) is 0 Å². The highest BCUT2D eigenvalue weighted by atomic mass is 16.6. The van der Waals surface area contributed by atoms with Crippen LogP contribution in [-0.2, 0) is 4.79 Å². The van der Waals surface area contributed by atoms with Crippen LogP contribution in [0.2, 0.25) is 0 Å². The van der Waals surface area contributed by atoms with Crippen LogP contribution in [0.1, 0.15) is 18.3 Å². The second-order valence-electron chi connectivity index (χ2n) is 7.50. The standard InChI is InChI=1S/C25H18N4O4/c1-2-27-20-12-6-4-9-16(20)18(24(27)30)15-23-26-19-11-5-3-10-17(19)25(31)28(23)21-13-7-8-14-22(21)29(32)33/h3-15H,2H2,1H3/b18-15+. The number of carbonyl (C=O) groups excluding carboxylic acids is 1. The average molecular weight is 438 g/mol. The zero-order valence-electron chi connectivity index (χ0n) is 17.6. The van der Waals surface area contributed by atoms with Gasteiger partial charge in [-0.05, 0) is 37.3 Å². The minimum absolute atomic E-state index is 0.0867. The van der Waals surface area contributed by atoms with Gasteiger partial charge in [-0.25, -0.2) is 4.98 Å². The minimum Gasteiger partial charge on any atom is -0.308 e. The van der Waals surface area contributed by atoms with Crippen LogP contribution in [-0.4, -0.2) is 26.9 Å². The summed E-state index contributed by atoms with van der Waals surface area (Å²) in [5.74, 6) is -0.0701. The van der Waals surface area contributed by atoms with E-state index in [1.54, 1.807) is 41.3 Å². The Morgan fingerprint density at radius 2 is 1.61 bits per heavy atom. The first-order valence-electron chi connectivity index (χ1n) is 10.4. The Morgan fingerprint density at radius 1 is 0.939 bits per heavy atom. The van der Waals surface area contributed by atoms with Gasteiger partial charge in [0.25, 0.3) is 17.2 Å². The van der Waals surface area contributed by atoms with E-state index < -0.39 is 10.5 Å². The molecule has 0 unspecified atom stereocenters. The molecule has 162 valence electrons. The van der Waals surface area contributed by atoms with Gasteiger partial charge in [0.2, 0.25) is 0 Å². The van der Waals surface area contributed by atoms with E-state index in [0.717, 1.165) is 11.3 Å². The summed E-state index contributed by atoms with van der Waals surface area (Å²) < 4.78 is 1.21. The molecule has 33 heavy (non-hydrogen) atoms. The number of para-hydroxylation sites is 4. The molecule has 0 saturated carbocycles. The smallest absolute Gasteiger partial charge is 0.293 e. The van der Waals surface area contributed by atoms with Crippen molar-refractivity contribution in [3.05, 3.63) is 105 Å². The Morgan fingerprint density at radius 3 is 2.36 bits per heavy atom. The Balaban J connectivity index is 1.85. The number of rotatable bonds is 4. The highest BCUT2D eigenvalue weighted by Gasteiger charge is 2.31. The summed E-state index contributed by atoms with van der Waals surface area (Å²) in [6.45, 7) is 2.37. The molecule has 1 aromatic heterocycles. The number of benzene rings is 3. The van der Waals surface area contributed by atoms with E-state index in [9.17, 15) is 19.7 Å². The highest BCUT2D eigenvalue weighted by Crippen LogP contribution is 2.37. The van der Waals surface area contributed by atoms with Crippen LogP contribution in [0.15, 0.2) is 77.6 Å². The van der Waals surface area contributed by atoms with Crippen LogP contribution in [0.25, 0.3) is 28.2 Å². The van der Waals surface area contributed by atoms with Crippen LogP contribution in [0.3, 0.4) is 0 Å². The monoisotopic (exact) mass is 438 g/mol. The van der Waals surface area contributed by atoms with E-state index in [0.29, 0.717) is 23.0 Å². The largest absolute Gasteiger partial charge is 0.308 e. The molecule has 0 atom stereocenters. The summed E-state index contributed by atoms with van der Waals surface area (Å²) >= 11 is 0. The lowest BCUT2D eigenvalue weighted by Gasteiger charge is -2.14. The van der Waals surface area contributed by atoms with Crippen molar-refractivity contribution >= 4 is 39.8 Å². The Kier molecular flexibility index (Phi) is 4.82. The average Bonchev–Trinajstić information content (AvgIpc) is 3.10. The number of nitro groups is 1. The molecule has 2 heterocycles. The van der Waals surface area contributed by atoms with Crippen molar-refractivity contribution < 1.29 is 9.72 Å². The van der Waals surface area contributed by atoms with Crippen LogP contribution < -0.4 is 10.5 Å². The Labute approximate surface area is 188 Å². The van der Waals surface area contributed by atoms with Gasteiger partial charge in [0, 0.05) is 18.2 Å². The maximum Gasteiger partial charge on any atom is 0.293 e. The van der Waals surface area contributed by atoms with Gasteiger partial charge in [-0.15, -0.1) is 0 Å². The number of nitro benzene ring substituents is 1. The predicted molar refractivity (Wildman–Crippen MR) is 126 cm³/mol. The molecule has 8 heteroatoms. The molecule has 0 aliphatic carbocycles. The van der Waals surface area contributed by atoms with E-state index in [1.165, 1.54) is 22.8 Å². The van der Waals surface area contributed by atoms with Crippen molar-refractivity contribution in [2.45, 2.75) is 6.92 Å². The first kappa shape index (κ1) is 20.3. The number of carbonyl (C=O) groups is 1. The molecular weight excluding hydrogens is 420 g/mol. The third-order valence-corrected chi connectivity index (χ3v) is 5.67. The molecular formula is C25H18N4O4. The number of aromatic nitrogens is 2.